The van der Waals surface area contributed by atoms with Crippen LogP contribution in [0.3, 0.4) is 0 Å². The highest BCUT2D eigenvalue weighted by Gasteiger charge is 2.39. The van der Waals surface area contributed by atoms with E-state index in [2.05, 4.69) is 85.1 Å². The van der Waals surface area contributed by atoms with Crippen LogP contribution >= 0.6 is 0 Å². The highest BCUT2D eigenvalue weighted by Crippen LogP contribution is 2.26. The Hall–Kier alpha value is 0.521. The normalized spacial score (nSPS) is 15.8. The molecule has 0 aromatic rings. The minimum absolute atomic E-state index is 0.0183. The third-order valence-electron chi connectivity index (χ3n) is 7.38. The molecule has 0 bridgehead atoms. The lowest BCUT2D eigenvalue weighted by molar-refractivity contribution is -0.0363. The van der Waals surface area contributed by atoms with E-state index in [0.717, 1.165) is 24.9 Å². The first-order chi connectivity index (χ1) is 26.5. The Labute approximate surface area is 364 Å². The summed E-state index contributed by atoms with van der Waals surface area (Å²) in [5.74, 6) is 0. The monoisotopic (exact) mass is 939 g/mol. The summed E-state index contributed by atoms with van der Waals surface area (Å²) in [4.78, 5) is 0. The van der Waals surface area contributed by atoms with Crippen LogP contribution in [-0.4, -0.2) is 163 Å². The lowest BCUT2D eigenvalue weighted by Gasteiger charge is -2.38. The molecule has 352 valence electrons. The minimum atomic E-state index is -2.24. The molecule has 0 aliphatic heterocycles. The van der Waals surface area contributed by atoms with Gasteiger partial charge in [0.2, 0.25) is 0 Å². The predicted octanol–water partition coefficient (Wildman–Crippen LogP) is 7.18. The van der Waals surface area contributed by atoms with Crippen LogP contribution in [0.5, 0.6) is 0 Å². The molecule has 0 radical (unpaired) electrons. The Morgan fingerprint density at radius 1 is 0.500 bits per heavy atom. The van der Waals surface area contributed by atoms with Crippen molar-refractivity contribution in [2.24, 2.45) is 0 Å². The lowest BCUT2D eigenvalue weighted by Crippen LogP contribution is -2.52. The third-order valence-corrected chi connectivity index (χ3v) is 27.2. The van der Waals surface area contributed by atoms with Gasteiger partial charge >= 0.3 is 17.1 Å². The van der Waals surface area contributed by atoms with Crippen LogP contribution in [0.1, 0.15) is 54.4 Å². The second kappa shape index (κ2) is 34.9. The zero-order valence-electron chi connectivity index (χ0n) is 40.5. The third kappa shape index (κ3) is 47.6. The van der Waals surface area contributed by atoms with Gasteiger partial charge in [0.25, 0.3) is 0 Å². The first kappa shape index (κ1) is 62.8. The van der Waals surface area contributed by atoms with Gasteiger partial charge in [-0.3, -0.25) is 0 Å². The van der Waals surface area contributed by atoms with Gasteiger partial charge in [-0.25, -0.2) is 0 Å². The van der Waals surface area contributed by atoms with E-state index in [1.54, 1.807) is 26.8 Å². The first-order valence-corrected chi connectivity index (χ1v) is 38.9. The molecule has 0 aliphatic rings. The number of hydrogen-bond donors (Lipinski definition) is 3. The van der Waals surface area contributed by atoms with Crippen molar-refractivity contribution in [1.29, 1.82) is 0 Å². The van der Waals surface area contributed by atoms with Crippen molar-refractivity contribution in [2.45, 2.75) is 182 Å². The van der Waals surface area contributed by atoms with Crippen LogP contribution in [0.2, 0.25) is 90.7 Å². The molecule has 0 saturated heterocycles. The van der Waals surface area contributed by atoms with Crippen molar-refractivity contribution in [3.63, 3.8) is 0 Å². The molecular weight excluding hydrogens is 845 g/mol. The van der Waals surface area contributed by atoms with Gasteiger partial charge < -0.3 is 60.2 Å². The fourth-order valence-electron chi connectivity index (χ4n) is 5.69. The summed E-state index contributed by atoms with van der Waals surface area (Å²) in [6, 6.07) is 2.06. The molecule has 0 heterocycles. The molecule has 0 amide bonds. The zero-order valence-corrected chi connectivity index (χ0v) is 46.8. The topological polar surface area (TPSA) is 153 Å². The summed E-state index contributed by atoms with van der Waals surface area (Å²) in [5, 5.41) is 27.5. The summed E-state index contributed by atoms with van der Waals surface area (Å²) >= 11 is 0. The summed E-state index contributed by atoms with van der Waals surface area (Å²) in [6.07, 6.45) is 2.30. The van der Waals surface area contributed by atoms with E-state index in [4.69, 9.17) is 50.0 Å². The quantitative estimate of drug-likeness (QED) is 0.0347. The fraction of sp³-hybridized carbons (Fsp3) is 0.949. The van der Waals surface area contributed by atoms with Crippen molar-refractivity contribution < 1.29 is 60.2 Å². The lowest BCUT2D eigenvalue weighted by atomic mass is 10.4. The molecule has 6 unspecified atom stereocenters. The number of rotatable bonds is 33. The minimum Gasteiger partial charge on any atom is -0.440 e. The molecular formula is C39H94O13Si6. The highest BCUT2D eigenvalue weighted by atomic mass is 28.5. The molecule has 19 heteroatoms. The summed E-state index contributed by atoms with van der Waals surface area (Å²) in [5.41, 5.74) is 0. The van der Waals surface area contributed by atoms with E-state index < -0.39 is 70.1 Å². The number of aliphatic hydroxyl groups excluding tert-OH is 3. The number of ether oxygens (including phenoxy) is 6. The molecule has 0 aromatic heterocycles. The van der Waals surface area contributed by atoms with E-state index in [0.29, 0.717) is 59.5 Å². The van der Waals surface area contributed by atoms with E-state index in [1.807, 2.05) is 20.8 Å². The maximum Gasteiger partial charge on any atom is 0.311 e. The largest absolute Gasteiger partial charge is 0.440 e. The molecule has 0 saturated carbocycles. The average Bonchev–Trinajstić information content (AvgIpc) is 3.03. The Morgan fingerprint density at radius 3 is 1.09 bits per heavy atom. The smallest absolute Gasteiger partial charge is 0.311 e. The second-order valence-electron chi connectivity index (χ2n) is 18.0. The predicted molar refractivity (Wildman–Crippen MR) is 255 cm³/mol. The van der Waals surface area contributed by atoms with Crippen molar-refractivity contribution in [3.05, 3.63) is 12.7 Å². The molecule has 58 heavy (non-hydrogen) atoms. The second-order valence-corrected chi connectivity index (χ2v) is 39.4. The van der Waals surface area contributed by atoms with Gasteiger partial charge in [-0.15, -0.1) is 6.58 Å². The van der Waals surface area contributed by atoms with Crippen molar-refractivity contribution in [2.75, 3.05) is 59.5 Å². The molecule has 0 rings (SSSR count). The van der Waals surface area contributed by atoms with Crippen molar-refractivity contribution in [3.8, 4) is 0 Å². The van der Waals surface area contributed by atoms with Crippen LogP contribution in [-0.2, 0) is 44.9 Å². The van der Waals surface area contributed by atoms with E-state index >= 15 is 0 Å². The van der Waals surface area contributed by atoms with Crippen LogP contribution in [0.15, 0.2) is 12.7 Å². The van der Waals surface area contributed by atoms with Crippen LogP contribution in [0.4, 0.5) is 0 Å². The van der Waals surface area contributed by atoms with Crippen molar-refractivity contribution >= 4 is 51.8 Å². The van der Waals surface area contributed by atoms with Gasteiger partial charge in [-0.1, -0.05) is 6.08 Å². The van der Waals surface area contributed by atoms with E-state index in [-0.39, 0.29) is 18.3 Å². The molecule has 3 N–H and O–H groups in total. The molecule has 6 atom stereocenters. The van der Waals surface area contributed by atoms with Crippen LogP contribution in [0, 0.1) is 0 Å². The summed E-state index contributed by atoms with van der Waals surface area (Å²) in [6.45, 7) is 45.5. The molecule has 0 aliphatic carbocycles. The standard InChI is InChI=1S/C24H56O8Si3.C9H18O3.C6H20O2Si3/c1-21(25)17-29-23(3)19-27-13-11-15-33(5,6)31-35(9,10)32-34(7,8)16-12-14-28-20-24(4)30-18-22(2)26;1-4-5-11-7-9(3)12-6-8(2)10;1-9(2)7-11(5,6)8-10(3)4/h21-26H,11-20H2,1-10H3;4,8-10H,1,5-7H2,2-3H3;9-10H,1-6H3. The van der Waals surface area contributed by atoms with Crippen LogP contribution < -0.4 is 0 Å². The van der Waals surface area contributed by atoms with Gasteiger partial charge in [0.05, 0.1) is 82.9 Å². The SMILES string of the molecule is C=CCOCC(C)OCC(C)O.CC(O)COC(C)COCCC[Si](C)(C)O[Si](C)(C)O[Si](C)(C)CCCOCC(C)OCC(C)O.C[SiH](C)O[Si](C)(C)O[SiH](C)C. The molecule has 0 aromatic carbocycles. The highest BCUT2D eigenvalue weighted by molar-refractivity contribution is 6.87. The summed E-state index contributed by atoms with van der Waals surface area (Å²) < 4.78 is 57.9. The fourth-order valence-corrected chi connectivity index (χ4v) is 29.5. The Bertz CT molecular complexity index is 905. The average molecular weight is 940 g/mol. The number of aliphatic hydroxyl groups is 3. The maximum absolute atomic E-state index is 9.28. The van der Waals surface area contributed by atoms with Gasteiger partial charge in [0, 0.05) is 13.2 Å². The van der Waals surface area contributed by atoms with E-state index in [1.165, 1.54) is 0 Å². The van der Waals surface area contributed by atoms with E-state index in [9.17, 15) is 10.2 Å². The Balaban J connectivity index is -0.00000106. The van der Waals surface area contributed by atoms with Gasteiger partial charge in [0.15, 0.2) is 34.7 Å². The van der Waals surface area contributed by atoms with Crippen LogP contribution in [0.25, 0.3) is 0 Å². The first-order valence-electron chi connectivity index (χ1n) is 21.5. The zero-order chi connectivity index (χ0) is 45.6. The van der Waals surface area contributed by atoms with Crippen molar-refractivity contribution in [1.82, 2.24) is 0 Å². The molecule has 0 spiro atoms. The molecule has 13 nitrogen and oxygen atoms in total. The Kier molecular flexibility index (Phi) is 37.8. The maximum atomic E-state index is 9.28. The summed E-state index contributed by atoms with van der Waals surface area (Å²) in [7, 11) is -9.45. The van der Waals surface area contributed by atoms with Gasteiger partial charge in [-0.2, -0.15) is 0 Å². The van der Waals surface area contributed by atoms with Gasteiger partial charge in [-0.05, 0) is 145 Å². The molecule has 0 fully saturated rings. The van der Waals surface area contributed by atoms with Gasteiger partial charge in [0.1, 0.15) is 0 Å². The number of hydrogen-bond acceptors (Lipinski definition) is 13. The Morgan fingerprint density at radius 2 is 0.810 bits per heavy atom.